The van der Waals surface area contributed by atoms with E-state index in [2.05, 4.69) is 29.1 Å². The Morgan fingerprint density at radius 3 is 2.79 bits per heavy atom. The summed E-state index contributed by atoms with van der Waals surface area (Å²) in [4.78, 5) is 21.5. The highest BCUT2D eigenvalue weighted by Crippen LogP contribution is 2.29. The van der Waals surface area contributed by atoms with Gasteiger partial charge in [-0.3, -0.25) is 0 Å². The number of carboxylic acids is 1. The van der Waals surface area contributed by atoms with Gasteiger partial charge in [-0.05, 0) is 42.8 Å². The molecule has 9 heteroatoms. The lowest BCUT2D eigenvalue weighted by Gasteiger charge is -2.10. The van der Waals surface area contributed by atoms with E-state index in [1.807, 2.05) is 47.3 Å². The molecule has 0 spiro atoms. The van der Waals surface area contributed by atoms with Crippen molar-refractivity contribution < 1.29 is 14.6 Å². The number of aromatic carboxylic acids is 1. The molecule has 4 aromatic heterocycles. The quantitative estimate of drug-likeness (QED) is 0.341. The Morgan fingerprint density at radius 2 is 2.09 bits per heavy atom. The Hall–Kier alpha value is -3.72. The van der Waals surface area contributed by atoms with Crippen LogP contribution in [-0.4, -0.2) is 37.4 Å². The SMILES string of the molecule is CCOc1cc(-n2nc(Nc3ncc(-c4cccs4)cc3C(=O)O)cc2CC(C)C)ccn1. The molecule has 0 amide bonds. The lowest BCUT2D eigenvalue weighted by molar-refractivity contribution is 0.0697. The Labute approximate surface area is 195 Å². The molecule has 8 nitrogen and oxygen atoms in total. The van der Waals surface area contributed by atoms with Crippen LogP contribution in [0.3, 0.4) is 0 Å². The zero-order chi connectivity index (χ0) is 23.4. The minimum absolute atomic E-state index is 0.0865. The largest absolute Gasteiger partial charge is 0.478 e. The third-order valence-electron chi connectivity index (χ3n) is 4.83. The molecule has 0 saturated carbocycles. The highest BCUT2D eigenvalue weighted by Gasteiger charge is 2.17. The Bertz CT molecular complexity index is 1250. The van der Waals surface area contributed by atoms with Crippen molar-refractivity contribution in [3.63, 3.8) is 0 Å². The Morgan fingerprint density at radius 1 is 1.24 bits per heavy atom. The Balaban J connectivity index is 1.70. The van der Waals surface area contributed by atoms with Crippen LogP contribution < -0.4 is 10.1 Å². The van der Waals surface area contributed by atoms with E-state index in [1.165, 1.54) is 11.3 Å². The van der Waals surface area contributed by atoms with Gasteiger partial charge in [-0.25, -0.2) is 19.4 Å². The number of aromatic nitrogens is 4. The summed E-state index contributed by atoms with van der Waals surface area (Å²) in [6, 6.07) is 11.1. The number of rotatable bonds is 9. The van der Waals surface area contributed by atoms with E-state index < -0.39 is 5.97 Å². The molecule has 0 bridgehead atoms. The van der Waals surface area contributed by atoms with Gasteiger partial charge in [-0.2, -0.15) is 0 Å². The third kappa shape index (κ3) is 5.20. The van der Waals surface area contributed by atoms with Gasteiger partial charge in [0.05, 0.1) is 12.3 Å². The van der Waals surface area contributed by atoms with E-state index in [0.29, 0.717) is 24.2 Å². The molecule has 4 rings (SSSR count). The average molecular weight is 464 g/mol. The van der Waals surface area contributed by atoms with Gasteiger partial charge in [0.2, 0.25) is 5.88 Å². The molecule has 0 aliphatic carbocycles. The fourth-order valence-electron chi connectivity index (χ4n) is 3.45. The minimum Gasteiger partial charge on any atom is -0.478 e. The smallest absolute Gasteiger partial charge is 0.339 e. The number of hydrogen-bond donors (Lipinski definition) is 2. The summed E-state index contributed by atoms with van der Waals surface area (Å²) in [5.41, 5.74) is 2.65. The summed E-state index contributed by atoms with van der Waals surface area (Å²) >= 11 is 1.53. The first-order chi connectivity index (χ1) is 15.9. The van der Waals surface area contributed by atoms with Crippen molar-refractivity contribution in [2.75, 3.05) is 11.9 Å². The van der Waals surface area contributed by atoms with Gasteiger partial charge in [0.1, 0.15) is 11.4 Å². The zero-order valence-corrected chi connectivity index (χ0v) is 19.5. The van der Waals surface area contributed by atoms with Crippen molar-refractivity contribution in [2.24, 2.45) is 5.92 Å². The second-order valence-corrected chi connectivity index (χ2v) is 8.79. The predicted molar refractivity (Wildman–Crippen MR) is 129 cm³/mol. The first kappa shape index (κ1) is 22.5. The van der Waals surface area contributed by atoms with Crippen LogP contribution in [0, 0.1) is 5.92 Å². The molecule has 4 heterocycles. The monoisotopic (exact) mass is 463 g/mol. The average Bonchev–Trinajstić information content (AvgIpc) is 3.44. The van der Waals surface area contributed by atoms with Crippen molar-refractivity contribution in [2.45, 2.75) is 27.2 Å². The van der Waals surface area contributed by atoms with Gasteiger partial charge < -0.3 is 15.2 Å². The van der Waals surface area contributed by atoms with Crippen LogP contribution in [0.4, 0.5) is 11.6 Å². The van der Waals surface area contributed by atoms with E-state index in [1.54, 1.807) is 18.5 Å². The molecule has 0 fully saturated rings. The molecule has 4 aromatic rings. The molecule has 0 aromatic carbocycles. The minimum atomic E-state index is -1.05. The van der Waals surface area contributed by atoms with E-state index in [4.69, 9.17) is 9.84 Å². The summed E-state index contributed by atoms with van der Waals surface area (Å²) in [5.74, 6) is 0.627. The normalized spacial score (nSPS) is 11.0. The highest BCUT2D eigenvalue weighted by atomic mass is 32.1. The lowest BCUT2D eigenvalue weighted by atomic mass is 10.1. The van der Waals surface area contributed by atoms with Crippen LogP contribution in [0.25, 0.3) is 16.1 Å². The van der Waals surface area contributed by atoms with Crippen LogP contribution in [0.15, 0.2) is 54.2 Å². The number of nitrogens with one attached hydrogen (secondary N) is 1. The molecule has 0 aliphatic heterocycles. The molecule has 170 valence electrons. The molecular weight excluding hydrogens is 438 g/mol. The van der Waals surface area contributed by atoms with Crippen LogP contribution in [0.2, 0.25) is 0 Å². The first-order valence-corrected chi connectivity index (χ1v) is 11.5. The van der Waals surface area contributed by atoms with Gasteiger partial charge >= 0.3 is 5.97 Å². The number of carboxylic acid groups (broad SMARTS) is 1. The summed E-state index contributed by atoms with van der Waals surface area (Å²) < 4.78 is 7.36. The number of ether oxygens (including phenoxy) is 1. The van der Waals surface area contributed by atoms with Gasteiger partial charge in [-0.15, -0.1) is 16.4 Å². The van der Waals surface area contributed by atoms with Crippen molar-refractivity contribution in [1.29, 1.82) is 0 Å². The maximum atomic E-state index is 11.9. The lowest BCUT2D eigenvalue weighted by Crippen LogP contribution is -2.07. The summed E-state index contributed by atoms with van der Waals surface area (Å²) in [5, 5.41) is 19.5. The molecule has 0 unspecified atom stereocenters. The fourth-order valence-corrected chi connectivity index (χ4v) is 4.16. The number of nitrogens with zero attached hydrogens (tertiary/aromatic N) is 4. The maximum absolute atomic E-state index is 11.9. The molecule has 2 N–H and O–H groups in total. The summed E-state index contributed by atoms with van der Waals surface area (Å²) in [6.45, 7) is 6.70. The summed E-state index contributed by atoms with van der Waals surface area (Å²) in [6.07, 6.45) is 4.14. The molecular formula is C24H25N5O3S. The molecule has 0 atom stereocenters. The van der Waals surface area contributed by atoms with Gasteiger partial charge in [0, 0.05) is 40.7 Å². The van der Waals surface area contributed by atoms with Gasteiger partial charge in [-0.1, -0.05) is 19.9 Å². The van der Waals surface area contributed by atoms with Crippen molar-refractivity contribution in [1.82, 2.24) is 19.7 Å². The second-order valence-electron chi connectivity index (χ2n) is 7.84. The number of pyridine rings is 2. The van der Waals surface area contributed by atoms with E-state index in [-0.39, 0.29) is 11.4 Å². The highest BCUT2D eigenvalue weighted by molar-refractivity contribution is 7.13. The fraction of sp³-hybridized carbons (Fsp3) is 0.250. The van der Waals surface area contributed by atoms with Crippen LogP contribution in [-0.2, 0) is 6.42 Å². The van der Waals surface area contributed by atoms with Gasteiger partial charge in [0.15, 0.2) is 5.82 Å². The number of carbonyl (C=O) groups is 1. The number of hydrogen-bond acceptors (Lipinski definition) is 7. The van der Waals surface area contributed by atoms with Crippen molar-refractivity contribution in [3.8, 4) is 22.0 Å². The standard InChI is InChI=1S/C24H25N5O3S/c1-4-32-22-13-17(7-8-25-22)29-18(10-15(2)3)12-21(28-29)27-23-19(24(30)31)11-16(14-26-23)20-6-5-9-33-20/h5-9,11-15H,4,10H2,1-3H3,(H,30,31)(H,26,27,28). The second kappa shape index (κ2) is 9.83. The number of thiophene rings is 1. The maximum Gasteiger partial charge on any atom is 0.339 e. The third-order valence-corrected chi connectivity index (χ3v) is 5.74. The Kier molecular flexibility index (Phi) is 6.69. The molecule has 0 radical (unpaired) electrons. The van der Waals surface area contributed by atoms with Crippen molar-refractivity contribution >= 4 is 28.9 Å². The van der Waals surface area contributed by atoms with Crippen LogP contribution >= 0.6 is 11.3 Å². The van der Waals surface area contributed by atoms with E-state index in [0.717, 1.165) is 28.2 Å². The van der Waals surface area contributed by atoms with E-state index >= 15 is 0 Å². The zero-order valence-electron chi connectivity index (χ0n) is 18.6. The number of anilines is 2. The van der Waals surface area contributed by atoms with E-state index in [9.17, 15) is 9.90 Å². The molecule has 0 saturated heterocycles. The van der Waals surface area contributed by atoms with Gasteiger partial charge in [0.25, 0.3) is 0 Å². The topological polar surface area (TPSA) is 102 Å². The van der Waals surface area contributed by atoms with Crippen LogP contribution in [0.5, 0.6) is 5.88 Å². The summed E-state index contributed by atoms with van der Waals surface area (Å²) in [7, 11) is 0. The predicted octanol–water partition coefficient (Wildman–Crippen LogP) is 5.43. The van der Waals surface area contributed by atoms with Crippen LogP contribution in [0.1, 0.15) is 36.8 Å². The first-order valence-electron chi connectivity index (χ1n) is 10.7. The molecule has 0 aliphatic rings. The molecule has 33 heavy (non-hydrogen) atoms. The van der Waals surface area contributed by atoms with Crippen molar-refractivity contribution in [3.05, 3.63) is 65.4 Å².